The third-order valence-electron chi connectivity index (χ3n) is 4.81. The standard InChI is InChI=1S/C17H22N2O5S/c20-17(12-2-1-7-18-11-12)19(13-3-4-13)25(21,22)14-5-6-15-16(10-14)24-9-8-23-15/h5-6,10,12-13,18H,1-4,7-9,11H2. The van der Waals surface area contributed by atoms with Gasteiger partial charge in [-0.15, -0.1) is 0 Å². The monoisotopic (exact) mass is 366 g/mol. The number of ether oxygens (including phenoxy) is 2. The van der Waals surface area contributed by atoms with Gasteiger partial charge in [0.25, 0.3) is 10.0 Å². The van der Waals surface area contributed by atoms with Crippen LogP contribution in [-0.2, 0) is 14.8 Å². The molecular weight excluding hydrogens is 344 g/mol. The number of carbonyl (C=O) groups is 1. The van der Waals surface area contributed by atoms with Gasteiger partial charge in [0.05, 0.1) is 10.8 Å². The molecule has 1 aromatic carbocycles. The van der Waals surface area contributed by atoms with Crippen LogP contribution in [0.3, 0.4) is 0 Å². The van der Waals surface area contributed by atoms with Gasteiger partial charge in [0.1, 0.15) is 13.2 Å². The minimum Gasteiger partial charge on any atom is -0.486 e. The molecule has 2 fully saturated rings. The van der Waals surface area contributed by atoms with E-state index in [1.165, 1.54) is 12.1 Å². The van der Waals surface area contributed by atoms with Gasteiger partial charge in [-0.3, -0.25) is 4.79 Å². The molecule has 0 aromatic heterocycles. The van der Waals surface area contributed by atoms with Crippen LogP contribution in [0.25, 0.3) is 0 Å². The van der Waals surface area contributed by atoms with Gasteiger partial charge in [-0.25, -0.2) is 12.7 Å². The van der Waals surface area contributed by atoms with Crippen molar-refractivity contribution >= 4 is 15.9 Å². The predicted molar refractivity (Wildman–Crippen MR) is 90.1 cm³/mol. The quantitative estimate of drug-likeness (QED) is 0.860. The highest BCUT2D eigenvalue weighted by Gasteiger charge is 2.44. The first-order valence-electron chi connectivity index (χ1n) is 8.76. The van der Waals surface area contributed by atoms with Gasteiger partial charge in [-0.2, -0.15) is 0 Å². The first-order chi connectivity index (χ1) is 12.1. The maximum absolute atomic E-state index is 13.2. The molecule has 1 unspecified atom stereocenters. The van der Waals surface area contributed by atoms with Crippen molar-refractivity contribution in [2.24, 2.45) is 5.92 Å². The molecule has 1 atom stereocenters. The van der Waals surface area contributed by atoms with Gasteiger partial charge in [0.15, 0.2) is 11.5 Å². The summed E-state index contributed by atoms with van der Waals surface area (Å²) in [5, 5.41) is 3.18. The van der Waals surface area contributed by atoms with Crippen molar-refractivity contribution < 1.29 is 22.7 Å². The van der Waals surface area contributed by atoms with Crippen molar-refractivity contribution in [3.05, 3.63) is 18.2 Å². The minimum absolute atomic E-state index is 0.0840. The van der Waals surface area contributed by atoms with Crippen molar-refractivity contribution in [1.29, 1.82) is 0 Å². The fourth-order valence-corrected chi connectivity index (χ4v) is 5.06. The highest BCUT2D eigenvalue weighted by molar-refractivity contribution is 7.89. The van der Waals surface area contributed by atoms with E-state index in [2.05, 4.69) is 5.32 Å². The molecule has 0 bridgehead atoms. The van der Waals surface area contributed by atoms with Gasteiger partial charge < -0.3 is 14.8 Å². The number of benzene rings is 1. The average Bonchev–Trinajstić information content (AvgIpc) is 3.46. The van der Waals surface area contributed by atoms with Crippen LogP contribution in [0.1, 0.15) is 25.7 Å². The number of nitrogens with one attached hydrogen (secondary N) is 1. The van der Waals surface area contributed by atoms with Crippen LogP contribution in [0.15, 0.2) is 23.1 Å². The fourth-order valence-electron chi connectivity index (χ4n) is 3.34. The van der Waals surface area contributed by atoms with Crippen LogP contribution in [0, 0.1) is 5.92 Å². The molecule has 1 aromatic rings. The zero-order valence-electron chi connectivity index (χ0n) is 13.9. The Morgan fingerprint density at radius 3 is 2.56 bits per heavy atom. The van der Waals surface area contributed by atoms with Gasteiger partial charge in [-0.1, -0.05) is 0 Å². The SMILES string of the molecule is O=C(C1CCCNC1)N(C1CC1)S(=O)(=O)c1ccc2c(c1)OCCO2. The Bertz CT molecular complexity index is 769. The van der Waals surface area contributed by atoms with Crippen LogP contribution in [0.2, 0.25) is 0 Å². The molecule has 136 valence electrons. The van der Waals surface area contributed by atoms with Gasteiger partial charge in [-0.05, 0) is 44.4 Å². The summed E-state index contributed by atoms with van der Waals surface area (Å²) in [6.45, 7) is 2.25. The lowest BCUT2D eigenvalue weighted by Gasteiger charge is -2.29. The van der Waals surface area contributed by atoms with Crippen molar-refractivity contribution in [2.75, 3.05) is 26.3 Å². The molecular formula is C17H22N2O5S. The Morgan fingerprint density at radius 2 is 1.88 bits per heavy atom. The fraction of sp³-hybridized carbons (Fsp3) is 0.588. The first-order valence-corrected chi connectivity index (χ1v) is 10.2. The van der Waals surface area contributed by atoms with E-state index in [9.17, 15) is 13.2 Å². The third kappa shape index (κ3) is 3.20. The van der Waals surface area contributed by atoms with Crippen molar-refractivity contribution in [1.82, 2.24) is 9.62 Å². The van der Waals surface area contributed by atoms with Crippen molar-refractivity contribution in [3.63, 3.8) is 0 Å². The van der Waals surface area contributed by atoms with E-state index < -0.39 is 10.0 Å². The number of rotatable bonds is 4. The Kier molecular flexibility index (Phi) is 4.33. The van der Waals surface area contributed by atoms with Crippen LogP contribution < -0.4 is 14.8 Å². The Balaban J connectivity index is 1.65. The molecule has 1 aliphatic carbocycles. The molecule has 7 nitrogen and oxygen atoms in total. The van der Waals surface area contributed by atoms with E-state index in [-0.39, 0.29) is 22.8 Å². The van der Waals surface area contributed by atoms with Gasteiger partial charge in [0, 0.05) is 18.7 Å². The van der Waals surface area contributed by atoms with E-state index >= 15 is 0 Å². The van der Waals surface area contributed by atoms with E-state index in [4.69, 9.17) is 9.47 Å². The summed E-state index contributed by atoms with van der Waals surface area (Å²) < 4.78 is 38.4. The van der Waals surface area contributed by atoms with E-state index in [1.807, 2.05) is 0 Å². The summed E-state index contributed by atoms with van der Waals surface area (Å²) in [4.78, 5) is 13.0. The number of hydrogen-bond acceptors (Lipinski definition) is 6. The van der Waals surface area contributed by atoms with Crippen LogP contribution >= 0.6 is 0 Å². The summed E-state index contributed by atoms with van der Waals surface area (Å²) in [6.07, 6.45) is 3.08. The molecule has 4 rings (SSSR count). The van der Waals surface area contributed by atoms with Crippen LogP contribution in [0.4, 0.5) is 0 Å². The second-order valence-electron chi connectivity index (χ2n) is 6.72. The Labute approximate surface area is 147 Å². The Morgan fingerprint density at radius 1 is 1.12 bits per heavy atom. The van der Waals surface area contributed by atoms with E-state index in [0.29, 0.717) is 31.3 Å². The lowest BCUT2D eigenvalue weighted by Crippen LogP contribution is -2.46. The molecule has 8 heteroatoms. The molecule has 2 aliphatic heterocycles. The van der Waals surface area contributed by atoms with Crippen LogP contribution in [-0.4, -0.2) is 51.0 Å². The number of carbonyl (C=O) groups excluding carboxylic acids is 1. The molecule has 25 heavy (non-hydrogen) atoms. The molecule has 2 heterocycles. The number of amides is 1. The number of sulfonamides is 1. The zero-order valence-corrected chi connectivity index (χ0v) is 14.8. The van der Waals surface area contributed by atoms with Crippen molar-refractivity contribution in [3.8, 4) is 11.5 Å². The molecule has 1 saturated heterocycles. The molecule has 0 spiro atoms. The lowest BCUT2D eigenvalue weighted by molar-refractivity contribution is -0.131. The lowest BCUT2D eigenvalue weighted by atomic mass is 9.99. The van der Waals surface area contributed by atoms with E-state index in [0.717, 1.165) is 36.5 Å². The van der Waals surface area contributed by atoms with Crippen LogP contribution in [0.5, 0.6) is 11.5 Å². The average molecular weight is 366 g/mol. The number of nitrogens with zero attached hydrogens (tertiary/aromatic N) is 1. The zero-order chi connectivity index (χ0) is 17.4. The predicted octanol–water partition coefficient (Wildman–Crippen LogP) is 1.14. The Hall–Kier alpha value is -1.80. The molecule has 1 saturated carbocycles. The minimum atomic E-state index is -3.90. The number of fused-ring (bicyclic) bond motifs is 1. The van der Waals surface area contributed by atoms with Gasteiger partial charge in [0.2, 0.25) is 5.91 Å². The second kappa shape index (κ2) is 6.49. The first kappa shape index (κ1) is 16.7. The normalized spacial score (nSPS) is 23.1. The number of piperidine rings is 1. The summed E-state index contributed by atoms with van der Waals surface area (Å²) >= 11 is 0. The van der Waals surface area contributed by atoms with Gasteiger partial charge >= 0.3 is 0 Å². The molecule has 0 radical (unpaired) electrons. The highest BCUT2D eigenvalue weighted by atomic mass is 32.2. The topological polar surface area (TPSA) is 84.9 Å². The van der Waals surface area contributed by atoms with Crippen molar-refractivity contribution in [2.45, 2.75) is 36.6 Å². The largest absolute Gasteiger partial charge is 0.486 e. The summed E-state index contributed by atoms with van der Waals surface area (Å²) in [5.41, 5.74) is 0. The summed E-state index contributed by atoms with van der Waals surface area (Å²) in [5.74, 6) is 0.381. The molecule has 3 aliphatic rings. The summed E-state index contributed by atoms with van der Waals surface area (Å²) in [7, 11) is -3.90. The maximum atomic E-state index is 13.2. The highest BCUT2D eigenvalue weighted by Crippen LogP contribution is 2.37. The number of hydrogen-bond donors (Lipinski definition) is 1. The maximum Gasteiger partial charge on any atom is 0.266 e. The molecule has 1 amide bonds. The molecule has 1 N–H and O–H groups in total. The van der Waals surface area contributed by atoms with E-state index in [1.54, 1.807) is 6.07 Å². The summed E-state index contributed by atoms with van der Waals surface area (Å²) in [6, 6.07) is 4.34. The third-order valence-corrected chi connectivity index (χ3v) is 6.66. The smallest absolute Gasteiger partial charge is 0.266 e. The second-order valence-corrected chi connectivity index (χ2v) is 8.53.